The summed E-state index contributed by atoms with van der Waals surface area (Å²) in [5.74, 6) is 0.0716. The number of amides is 1. The largest absolute Gasteiger partial charge is 0.391 e. The van der Waals surface area contributed by atoms with E-state index in [0.29, 0.717) is 13.0 Å². The highest BCUT2D eigenvalue weighted by Crippen LogP contribution is 2.41. The van der Waals surface area contributed by atoms with Crippen LogP contribution in [0, 0.1) is 5.41 Å². The molecule has 0 radical (unpaired) electrons. The van der Waals surface area contributed by atoms with Crippen LogP contribution in [0.2, 0.25) is 0 Å². The van der Waals surface area contributed by atoms with Crippen molar-refractivity contribution < 1.29 is 9.90 Å². The fourth-order valence-corrected chi connectivity index (χ4v) is 4.40. The molecular formula is C21H25N3O2. The van der Waals surface area contributed by atoms with E-state index >= 15 is 0 Å². The maximum atomic E-state index is 13.0. The van der Waals surface area contributed by atoms with Crippen LogP contribution >= 0.6 is 0 Å². The van der Waals surface area contributed by atoms with Crippen LogP contribution in [0.4, 0.5) is 0 Å². The van der Waals surface area contributed by atoms with Crippen LogP contribution < -0.4 is 5.32 Å². The number of likely N-dealkylation sites (tertiary alicyclic amines) is 1. The minimum Gasteiger partial charge on any atom is -0.391 e. The first kappa shape index (κ1) is 17.2. The molecule has 2 aliphatic rings. The van der Waals surface area contributed by atoms with Gasteiger partial charge in [0.25, 0.3) is 0 Å². The molecule has 26 heavy (non-hydrogen) atoms. The molecule has 5 nitrogen and oxygen atoms in total. The fraction of sp³-hybridized carbons (Fsp3) is 0.429. The van der Waals surface area contributed by atoms with Crippen molar-refractivity contribution in [2.24, 2.45) is 5.41 Å². The number of carbonyl (C=O) groups is 1. The number of pyridine rings is 1. The lowest BCUT2D eigenvalue weighted by molar-refractivity contribution is -0.145. The number of aromatic nitrogens is 1. The third-order valence-corrected chi connectivity index (χ3v) is 5.68. The van der Waals surface area contributed by atoms with Crippen molar-refractivity contribution in [2.45, 2.75) is 38.0 Å². The Bertz CT molecular complexity index is 746. The zero-order valence-corrected chi connectivity index (χ0v) is 14.8. The fourth-order valence-electron chi connectivity index (χ4n) is 4.40. The van der Waals surface area contributed by atoms with Crippen molar-refractivity contribution in [3.8, 4) is 0 Å². The van der Waals surface area contributed by atoms with E-state index in [1.165, 1.54) is 0 Å². The molecular weight excluding hydrogens is 326 g/mol. The molecule has 4 rings (SSSR count). The van der Waals surface area contributed by atoms with E-state index in [1.54, 1.807) is 6.20 Å². The average molecular weight is 351 g/mol. The van der Waals surface area contributed by atoms with Gasteiger partial charge in [-0.3, -0.25) is 14.7 Å². The van der Waals surface area contributed by atoms with Crippen LogP contribution in [-0.4, -0.2) is 40.1 Å². The Hall–Kier alpha value is -2.24. The van der Waals surface area contributed by atoms with Gasteiger partial charge in [-0.2, -0.15) is 0 Å². The molecule has 2 fully saturated rings. The highest BCUT2D eigenvalue weighted by atomic mass is 16.3. The first-order chi connectivity index (χ1) is 12.7. The summed E-state index contributed by atoms with van der Waals surface area (Å²) >= 11 is 0. The summed E-state index contributed by atoms with van der Waals surface area (Å²) in [6, 6.07) is 15.3. The van der Waals surface area contributed by atoms with Gasteiger partial charge in [-0.15, -0.1) is 0 Å². The second-order valence-corrected chi connectivity index (χ2v) is 7.55. The summed E-state index contributed by atoms with van der Waals surface area (Å²) in [6.45, 7) is 2.38. The van der Waals surface area contributed by atoms with Crippen molar-refractivity contribution >= 4 is 5.91 Å². The van der Waals surface area contributed by atoms with Gasteiger partial charge in [0.15, 0.2) is 0 Å². The molecule has 1 aromatic carbocycles. The number of nitrogens with zero attached hydrogens (tertiary/aromatic N) is 2. The van der Waals surface area contributed by atoms with E-state index in [2.05, 4.69) is 15.2 Å². The Kier molecular flexibility index (Phi) is 4.74. The number of nitrogens with one attached hydrogen (secondary N) is 1. The number of hydrogen-bond donors (Lipinski definition) is 2. The maximum Gasteiger partial charge on any atom is 0.228 e. The van der Waals surface area contributed by atoms with Gasteiger partial charge in [0.1, 0.15) is 0 Å². The predicted octanol–water partition coefficient (Wildman–Crippen LogP) is 2.29. The summed E-state index contributed by atoms with van der Waals surface area (Å²) < 4.78 is 0. The number of carbonyl (C=O) groups excluding carboxylic acids is 1. The van der Waals surface area contributed by atoms with E-state index in [9.17, 15) is 9.90 Å². The second-order valence-electron chi connectivity index (χ2n) is 7.55. The molecule has 1 spiro atoms. The van der Waals surface area contributed by atoms with Crippen LogP contribution in [-0.2, 0) is 11.3 Å². The Morgan fingerprint density at radius 3 is 2.77 bits per heavy atom. The molecule has 0 bridgehead atoms. The number of benzene rings is 1. The molecule has 136 valence electrons. The molecule has 1 aromatic heterocycles. The molecule has 3 atom stereocenters. The molecule has 2 N–H and O–H groups in total. The van der Waals surface area contributed by atoms with Gasteiger partial charge in [0.05, 0.1) is 23.3 Å². The Labute approximate surface area is 154 Å². The van der Waals surface area contributed by atoms with Crippen molar-refractivity contribution in [3.05, 3.63) is 66.0 Å². The SMILES string of the molecule is O=C1N[C@@H](c2ccccc2)[C@H](O)C[C@]12CCCN(Cc1ccccn1)C2. The summed E-state index contributed by atoms with van der Waals surface area (Å²) in [6.07, 6.45) is 3.54. The Morgan fingerprint density at radius 1 is 1.19 bits per heavy atom. The van der Waals surface area contributed by atoms with Crippen molar-refractivity contribution in [1.82, 2.24) is 15.2 Å². The van der Waals surface area contributed by atoms with Crippen LogP contribution in [0.1, 0.15) is 36.6 Å². The Morgan fingerprint density at radius 2 is 2.00 bits per heavy atom. The van der Waals surface area contributed by atoms with Gasteiger partial charge < -0.3 is 10.4 Å². The summed E-state index contributed by atoms with van der Waals surface area (Å²) in [7, 11) is 0. The third kappa shape index (κ3) is 3.37. The zero-order chi connectivity index (χ0) is 18.0. The topological polar surface area (TPSA) is 65.5 Å². The molecule has 2 aliphatic heterocycles. The molecule has 1 amide bonds. The van der Waals surface area contributed by atoms with Gasteiger partial charge in [0.2, 0.25) is 5.91 Å². The molecule has 5 heteroatoms. The number of hydrogen-bond acceptors (Lipinski definition) is 4. The number of aliphatic hydroxyl groups excluding tert-OH is 1. The van der Waals surface area contributed by atoms with E-state index in [1.807, 2.05) is 48.5 Å². The van der Waals surface area contributed by atoms with Crippen LogP contribution in [0.5, 0.6) is 0 Å². The van der Waals surface area contributed by atoms with Crippen LogP contribution in [0.15, 0.2) is 54.7 Å². The molecule has 0 unspecified atom stereocenters. The van der Waals surface area contributed by atoms with Gasteiger partial charge in [-0.25, -0.2) is 0 Å². The first-order valence-electron chi connectivity index (χ1n) is 9.33. The van der Waals surface area contributed by atoms with Crippen molar-refractivity contribution in [2.75, 3.05) is 13.1 Å². The maximum absolute atomic E-state index is 13.0. The molecule has 0 aliphatic carbocycles. The summed E-state index contributed by atoms with van der Waals surface area (Å²) in [5, 5.41) is 13.9. The highest BCUT2D eigenvalue weighted by Gasteiger charge is 2.49. The van der Waals surface area contributed by atoms with E-state index in [4.69, 9.17) is 0 Å². The van der Waals surface area contributed by atoms with Crippen molar-refractivity contribution in [3.63, 3.8) is 0 Å². The van der Waals surface area contributed by atoms with Gasteiger partial charge in [-0.05, 0) is 43.5 Å². The van der Waals surface area contributed by atoms with Crippen LogP contribution in [0.3, 0.4) is 0 Å². The lowest BCUT2D eigenvalue weighted by Crippen LogP contribution is -2.59. The second kappa shape index (κ2) is 7.17. The number of rotatable bonds is 3. The first-order valence-corrected chi connectivity index (χ1v) is 9.33. The van der Waals surface area contributed by atoms with E-state index < -0.39 is 11.5 Å². The molecule has 3 heterocycles. The summed E-state index contributed by atoms with van der Waals surface area (Å²) in [5.41, 5.74) is 1.48. The van der Waals surface area contributed by atoms with Crippen LogP contribution in [0.25, 0.3) is 0 Å². The van der Waals surface area contributed by atoms with Crippen molar-refractivity contribution in [1.29, 1.82) is 0 Å². The van der Waals surface area contributed by atoms with Gasteiger partial charge in [0, 0.05) is 19.3 Å². The number of aliphatic hydroxyl groups is 1. The zero-order valence-electron chi connectivity index (χ0n) is 14.8. The average Bonchev–Trinajstić information content (AvgIpc) is 2.66. The van der Waals surface area contributed by atoms with E-state index in [0.717, 1.165) is 37.2 Å². The predicted molar refractivity (Wildman–Crippen MR) is 99.1 cm³/mol. The van der Waals surface area contributed by atoms with Gasteiger partial charge in [-0.1, -0.05) is 36.4 Å². The quantitative estimate of drug-likeness (QED) is 0.890. The minimum absolute atomic E-state index is 0.0716. The monoisotopic (exact) mass is 351 g/mol. The lowest BCUT2D eigenvalue weighted by atomic mass is 9.70. The van der Waals surface area contributed by atoms with Gasteiger partial charge >= 0.3 is 0 Å². The summed E-state index contributed by atoms with van der Waals surface area (Å²) in [4.78, 5) is 19.7. The molecule has 2 aromatic rings. The highest BCUT2D eigenvalue weighted by molar-refractivity contribution is 5.84. The smallest absolute Gasteiger partial charge is 0.228 e. The minimum atomic E-state index is -0.565. The lowest BCUT2D eigenvalue weighted by Gasteiger charge is -2.47. The third-order valence-electron chi connectivity index (χ3n) is 5.68. The standard InChI is InChI=1S/C21H25N3O2/c25-18-13-21(20(26)23-19(18)16-7-2-1-3-8-16)10-6-12-24(15-21)14-17-9-4-5-11-22-17/h1-5,7-9,11,18-19,25H,6,10,12-15H2,(H,23,26)/t18-,19+,21+/m1/s1. The van der Waals surface area contributed by atoms with E-state index in [-0.39, 0.29) is 11.9 Å². The number of piperidine rings is 2. The molecule has 0 saturated carbocycles. The molecule has 2 saturated heterocycles. The normalized spacial score (nSPS) is 29.5. The Balaban J connectivity index is 1.49.